The molecule has 0 radical (unpaired) electrons. The molecule has 8 heteroatoms. The van der Waals surface area contributed by atoms with Crippen LogP contribution in [0.25, 0.3) is 0 Å². The van der Waals surface area contributed by atoms with Crippen molar-refractivity contribution >= 4 is 38.9 Å². The van der Waals surface area contributed by atoms with Crippen LogP contribution in [0.1, 0.15) is 15.9 Å². The van der Waals surface area contributed by atoms with E-state index >= 15 is 0 Å². The maximum Gasteiger partial charge on any atom is 0.251 e. The van der Waals surface area contributed by atoms with E-state index in [1.54, 1.807) is 49.5 Å². The molecule has 0 spiro atoms. The highest BCUT2D eigenvalue weighted by Crippen LogP contribution is 2.36. The summed E-state index contributed by atoms with van der Waals surface area (Å²) in [6, 6.07) is 11.8. The zero-order valence-electron chi connectivity index (χ0n) is 14.6. The molecule has 26 heavy (non-hydrogen) atoms. The van der Waals surface area contributed by atoms with Crippen LogP contribution in [-0.4, -0.2) is 41.5 Å². The highest BCUT2D eigenvalue weighted by Gasteiger charge is 2.29. The Kier molecular flexibility index (Phi) is 5.11. The summed E-state index contributed by atoms with van der Waals surface area (Å²) in [4.78, 5) is 13.6. The van der Waals surface area contributed by atoms with E-state index in [2.05, 4.69) is 5.32 Å². The Hall–Kier alpha value is -2.25. The highest BCUT2D eigenvalue weighted by atomic mass is 35.5. The number of hydrogen-bond donors (Lipinski definition) is 1. The molecule has 1 N–H and O–H groups in total. The van der Waals surface area contributed by atoms with Crippen LogP contribution in [0.5, 0.6) is 0 Å². The molecule has 6 nitrogen and oxygen atoms in total. The van der Waals surface area contributed by atoms with E-state index in [-0.39, 0.29) is 11.7 Å². The van der Waals surface area contributed by atoms with Crippen molar-refractivity contribution in [1.82, 2.24) is 5.32 Å². The molecule has 1 aliphatic rings. The number of likely N-dealkylation sites (N-methyl/N-ethyl adjacent to an activating group) is 1. The molecule has 0 atom stereocenters. The Balaban J connectivity index is 1.87. The first-order chi connectivity index (χ1) is 12.3. The summed E-state index contributed by atoms with van der Waals surface area (Å²) in [6.07, 6.45) is 0. The van der Waals surface area contributed by atoms with Crippen molar-refractivity contribution in [2.75, 3.05) is 36.4 Å². The molecule has 0 unspecified atom stereocenters. The summed E-state index contributed by atoms with van der Waals surface area (Å²) in [5.41, 5.74) is 2.55. The van der Waals surface area contributed by atoms with Crippen molar-refractivity contribution in [3.05, 3.63) is 58.6 Å². The lowest BCUT2D eigenvalue weighted by Gasteiger charge is -2.36. The fourth-order valence-electron chi connectivity index (χ4n) is 2.97. The van der Waals surface area contributed by atoms with Gasteiger partial charge in [0.1, 0.15) is 0 Å². The second kappa shape index (κ2) is 7.17. The third-order valence-corrected chi connectivity index (χ3v) is 6.37. The van der Waals surface area contributed by atoms with Crippen molar-refractivity contribution in [3.63, 3.8) is 0 Å². The van der Waals surface area contributed by atoms with Crippen molar-refractivity contribution in [3.8, 4) is 0 Å². The lowest BCUT2D eigenvalue weighted by atomic mass is 10.1. The average Bonchev–Trinajstić information content (AvgIpc) is 2.62. The maximum atomic E-state index is 13.0. The second-order valence-corrected chi connectivity index (χ2v) is 8.49. The molecule has 2 aromatic carbocycles. The van der Waals surface area contributed by atoms with Crippen molar-refractivity contribution in [2.24, 2.45) is 0 Å². The Morgan fingerprint density at radius 3 is 2.46 bits per heavy atom. The number of nitrogens with zero attached hydrogens (tertiary/aromatic N) is 2. The monoisotopic (exact) mass is 393 g/mol. The smallest absolute Gasteiger partial charge is 0.251 e. The zero-order chi connectivity index (χ0) is 18.9. The van der Waals surface area contributed by atoms with E-state index < -0.39 is 10.0 Å². The van der Waals surface area contributed by atoms with Gasteiger partial charge in [0.15, 0.2) is 0 Å². The van der Waals surface area contributed by atoms with Crippen LogP contribution >= 0.6 is 11.6 Å². The largest absolute Gasteiger partial charge is 0.371 e. The number of amides is 1. The number of sulfonamides is 1. The van der Waals surface area contributed by atoms with Gasteiger partial charge in [-0.25, -0.2) is 8.42 Å². The Labute approximate surface area is 158 Å². The topological polar surface area (TPSA) is 69.7 Å². The van der Waals surface area contributed by atoms with E-state index in [0.29, 0.717) is 34.9 Å². The molecule has 138 valence electrons. The summed E-state index contributed by atoms with van der Waals surface area (Å²) in [6.45, 7) is 0.964. The minimum Gasteiger partial charge on any atom is -0.371 e. The maximum absolute atomic E-state index is 13.0. The fourth-order valence-corrected chi connectivity index (χ4v) is 4.72. The quantitative estimate of drug-likeness (QED) is 0.866. The lowest BCUT2D eigenvalue weighted by Crippen LogP contribution is -2.43. The van der Waals surface area contributed by atoms with Crippen LogP contribution in [0.2, 0.25) is 5.02 Å². The van der Waals surface area contributed by atoms with Crippen molar-refractivity contribution < 1.29 is 13.2 Å². The molecular formula is C18H20ClN3O3S. The van der Waals surface area contributed by atoms with Gasteiger partial charge in [0.2, 0.25) is 10.0 Å². The van der Waals surface area contributed by atoms with Crippen LogP contribution in [0.4, 0.5) is 11.4 Å². The Morgan fingerprint density at radius 2 is 1.81 bits per heavy atom. The predicted octanol–water partition coefficient (Wildman–Crippen LogP) is 2.49. The first-order valence-corrected chi connectivity index (χ1v) is 10.1. The lowest BCUT2D eigenvalue weighted by molar-refractivity contribution is 0.0963. The van der Waals surface area contributed by atoms with Crippen molar-refractivity contribution in [1.29, 1.82) is 0 Å². The number of carbonyl (C=O) groups excluding carboxylic acids is 1. The Morgan fingerprint density at radius 1 is 1.12 bits per heavy atom. The van der Waals surface area contributed by atoms with Crippen LogP contribution in [-0.2, 0) is 15.8 Å². The number of rotatable bonds is 4. The van der Waals surface area contributed by atoms with Gasteiger partial charge in [0.25, 0.3) is 5.91 Å². The van der Waals surface area contributed by atoms with Gasteiger partial charge in [-0.15, -0.1) is 0 Å². The first kappa shape index (κ1) is 18.5. The van der Waals surface area contributed by atoms with Gasteiger partial charge in [-0.1, -0.05) is 23.7 Å². The van der Waals surface area contributed by atoms with E-state index in [0.717, 1.165) is 5.69 Å². The van der Waals surface area contributed by atoms with Gasteiger partial charge in [-0.3, -0.25) is 9.10 Å². The molecular weight excluding hydrogens is 374 g/mol. The molecule has 1 heterocycles. The highest BCUT2D eigenvalue weighted by molar-refractivity contribution is 7.92. The van der Waals surface area contributed by atoms with E-state index in [9.17, 15) is 13.2 Å². The summed E-state index contributed by atoms with van der Waals surface area (Å²) < 4.78 is 27.4. The fraction of sp³-hybridized carbons (Fsp3) is 0.278. The first-order valence-electron chi connectivity index (χ1n) is 8.14. The number of hydrogen-bond acceptors (Lipinski definition) is 4. The molecule has 0 fully saturated rings. The molecule has 1 amide bonds. The van der Waals surface area contributed by atoms with Gasteiger partial charge in [0, 0.05) is 31.2 Å². The summed E-state index contributed by atoms with van der Waals surface area (Å²) in [5, 5.41) is 3.11. The number of anilines is 2. The number of halogens is 1. The number of carbonyl (C=O) groups is 1. The third kappa shape index (κ3) is 3.64. The zero-order valence-corrected chi connectivity index (χ0v) is 16.1. The van der Waals surface area contributed by atoms with Crippen molar-refractivity contribution in [2.45, 2.75) is 5.75 Å². The van der Waals surface area contributed by atoms with Crippen LogP contribution in [0.3, 0.4) is 0 Å². The van der Waals surface area contributed by atoms with Gasteiger partial charge >= 0.3 is 0 Å². The molecule has 0 aromatic heterocycles. The summed E-state index contributed by atoms with van der Waals surface area (Å²) in [5.74, 6) is -0.337. The number of fused-ring (bicyclic) bond motifs is 1. The van der Waals surface area contributed by atoms with Crippen LogP contribution in [0.15, 0.2) is 42.5 Å². The molecule has 2 aromatic rings. The molecule has 1 aliphatic heterocycles. The van der Waals surface area contributed by atoms with E-state index in [4.69, 9.17) is 11.6 Å². The molecule has 0 saturated carbocycles. The third-order valence-electron chi connectivity index (χ3n) is 4.38. The minimum absolute atomic E-state index is 0.132. The van der Waals surface area contributed by atoms with Gasteiger partial charge < -0.3 is 10.2 Å². The van der Waals surface area contributed by atoms with Gasteiger partial charge in [-0.05, 0) is 35.9 Å². The standard InChI is InChI=1S/C18H20ClN3O3S/c1-20-18(23)14-5-3-13(4-6-14)12-26(24,25)22-10-9-21(2)17-11-15(19)7-8-16(17)22/h3-8,11H,9-10,12H2,1-2H3,(H,20,23). The molecule has 0 bridgehead atoms. The normalized spacial score (nSPS) is 14.1. The SMILES string of the molecule is CNC(=O)c1ccc(CS(=O)(=O)N2CCN(C)c3cc(Cl)ccc32)cc1. The number of benzene rings is 2. The van der Waals surface area contributed by atoms with E-state index in [1.165, 1.54) is 4.31 Å². The number of nitrogens with one attached hydrogen (secondary N) is 1. The van der Waals surface area contributed by atoms with Gasteiger partial charge in [-0.2, -0.15) is 0 Å². The van der Waals surface area contributed by atoms with Crippen LogP contribution in [0, 0.1) is 0 Å². The molecule has 0 aliphatic carbocycles. The van der Waals surface area contributed by atoms with Crippen LogP contribution < -0.4 is 14.5 Å². The average molecular weight is 394 g/mol. The van der Waals surface area contributed by atoms with Gasteiger partial charge in [0.05, 0.1) is 23.7 Å². The summed E-state index contributed by atoms with van der Waals surface area (Å²) in [7, 11) is -0.0950. The predicted molar refractivity (Wildman–Crippen MR) is 105 cm³/mol. The minimum atomic E-state index is -3.56. The summed E-state index contributed by atoms with van der Waals surface area (Å²) >= 11 is 6.06. The van der Waals surface area contributed by atoms with E-state index in [1.807, 2.05) is 11.9 Å². The molecule has 0 saturated heterocycles. The molecule has 3 rings (SSSR count). The second-order valence-electron chi connectivity index (χ2n) is 6.16. The Bertz CT molecular complexity index is 929.